The number of hydrogen-bond donors (Lipinski definition) is 2. The predicted octanol–water partition coefficient (Wildman–Crippen LogP) is 4.78. The van der Waals surface area contributed by atoms with Gasteiger partial charge in [0.15, 0.2) is 0 Å². The van der Waals surface area contributed by atoms with Gasteiger partial charge in [0, 0.05) is 22.3 Å². The highest BCUT2D eigenvalue weighted by Gasteiger charge is 2.27. The molecule has 4 heteroatoms. The van der Waals surface area contributed by atoms with Gasteiger partial charge in [0.05, 0.1) is 5.56 Å². The van der Waals surface area contributed by atoms with Gasteiger partial charge in [-0.3, -0.25) is 0 Å². The zero-order valence-electron chi connectivity index (χ0n) is 15.2. The maximum absolute atomic E-state index is 10.5. The lowest BCUT2D eigenvalue weighted by Gasteiger charge is -2.30. The summed E-state index contributed by atoms with van der Waals surface area (Å²) in [6.45, 7) is 6.29. The molecule has 0 aromatic heterocycles. The van der Waals surface area contributed by atoms with E-state index in [0.717, 1.165) is 28.2 Å². The summed E-state index contributed by atoms with van der Waals surface area (Å²) in [7, 11) is 0. The van der Waals surface area contributed by atoms with Crippen LogP contribution in [0.4, 0.5) is 0 Å². The summed E-state index contributed by atoms with van der Waals surface area (Å²) < 4.78 is 12.0. The van der Waals surface area contributed by atoms with Crippen LogP contribution in [0.15, 0.2) is 30.3 Å². The molecule has 26 heavy (non-hydrogen) atoms. The fourth-order valence-corrected chi connectivity index (χ4v) is 3.49. The average molecular weight is 350 g/mol. The standard InChI is InChI=1S/C22H22O4/c1-4-15-18(23)7-6-16(20(15)24)14-11-13-5-8-19-17(21(13)25-12-14)9-10-22(2,3)26-19/h5-11,23-24H,4,12H2,1-3H3. The van der Waals surface area contributed by atoms with Crippen molar-refractivity contribution in [2.45, 2.75) is 32.8 Å². The lowest BCUT2D eigenvalue weighted by Crippen LogP contribution is -2.27. The van der Waals surface area contributed by atoms with Gasteiger partial charge in [0.25, 0.3) is 0 Å². The molecule has 2 aliphatic rings. The van der Waals surface area contributed by atoms with Crippen molar-refractivity contribution >= 4 is 17.7 Å². The Labute approximate surface area is 153 Å². The molecule has 0 saturated carbocycles. The van der Waals surface area contributed by atoms with Crippen molar-refractivity contribution in [2.75, 3.05) is 6.61 Å². The molecule has 2 aromatic rings. The largest absolute Gasteiger partial charge is 0.508 e. The van der Waals surface area contributed by atoms with Gasteiger partial charge in [-0.05, 0) is 62.8 Å². The van der Waals surface area contributed by atoms with Crippen LogP contribution in [0.2, 0.25) is 0 Å². The Hall–Kier alpha value is -2.88. The topological polar surface area (TPSA) is 58.9 Å². The Kier molecular flexibility index (Phi) is 3.72. The number of benzene rings is 2. The van der Waals surface area contributed by atoms with Gasteiger partial charge in [-0.1, -0.05) is 6.92 Å². The van der Waals surface area contributed by atoms with Crippen LogP contribution in [-0.4, -0.2) is 22.4 Å². The number of hydrogen-bond acceptors (Lipinski definition) is 4. The first-order valence-corrected chi connectivity index (χ1v) is 8.82. The van der Waals surface area contributed by atoms with Gasteiger partial charge in [0.1, 0.15) is 35.2 Å². The zero-order valence-corrected chi connectivity index (χ0v) is 15.2. The van der Waals surface area contributed by atoms with E-state index in [-0.39, 0.29) is 17.1 Å². The van der Waals surface area contributed by atoms with E-state index in [9.17, 15) is 10.2 Å². The van der Waals surface area contributed by atoms with Crippen molar-refractivity contribution in [3.8, 4) is 23.0 Å². The summed E-state index contributed by atoms with van der Waals surface area (Å²) in [6, 6.07) is 7.28. The summed E-state index contributed by atoms with van der Waals surface area (Å²) in [4.78, 5) is 0. The molecule has 134 valence electrons. The van der Waals surface area contributed by atoms with Crippen LogP contribution < -0.4 is 9.47 Å². The van der Waals surface area contributed by atoms with Gasteiger partial charge >= 0.3 is 0 Å². The summed E-state index contributed by atoms with van der Waals surface area (Å²) in [6.07, 6.45) is 6.65. The monoisotopic (exact) mass is 350 g/mol. The third-order valence-electron chi connectivity index (χ3n) is 4.87. The lowest BCUT2D eigenvalue weighted by atomic mass is 9.94. The molecule has 0 spiro atoms. The molecule has 4 nitrogen and oxygen atoms in total. The summed E-state index contributed by atoms with van der Waals surface area (Å²) >= 11 is 0. The third-order valence-corrected chi connectivity index (χ3v) is 4.87. The first-order chi connectivity index (χ1) is 12.4. The molecule has 4 rings (SSSR count). The minimum Gasteiger partial charge on any atom is -0.508 e. The molecule has 0 atom stereocenters. The van der Waals surface area contributed by atoms with Crippen LogP contribution in [0, 0.1) is 0 Å². The second-order valence-corrected chi connectivity index (χ2v) is 7.21. The minimum absolute atomic E-state index is 0.116. The van der Waals surface area contributed by atoms with Crippen LogP contribution in [0.5, 0.6) is 23.0 Å². The van der Waals surface area contributed by atoms with Crippen molar-refractivity contribution in [3.05, 3.63) is 52.6 Å². The van der Waals surface area contributed by atoms with Gasteiger partial charge in [-0.25, -0.2) is 0 Å². The average Bonchev–Trinajstić information content (AvgIpc) is 2.60. The second kappa shape index (κ2) is 5.84. The first-order valence-electron chi connectivity index (χ1n) is 8.82. The number of fused-ring (bicyclic) bond motifs is 3. The fraction of sp³-hybridized carbons (Fsp3) is 0.273. The lowest BCUT2D eigenvalue weighted by molar-refractivity contribution is 0.158. The normalized spacial score (nSPS) is 16.8. The Morgan fingerprint density at radius 1 is 1.12 bits per heavy atom. The maximum atomic E-state index is 10.5. The number of rotatable bonds is 2. The molecule has 2 aromatic carbocycles. The van der Waals surface area contributed by atoms with Crippen molar-refractivity contribution in [1.82, 2.24) is 0 Å². The molecule has 0 amide bonds. The van der Waals surface area contributed by atoms with Gasteiger partial charge in [-0.15, -0.1) is 0 Å². The highest BCUT2D eigenvalue weighted by atomic mass is 16.5. The smallest absolute Gasteiger partial charge is 0.137 e. The van der Waals surface area contributed by atoms with Gasteiger partial charge in [-0.2, -0.15) is 0 Å². The summed E-state index contributed by atoms with van der Waals surface area (Å²) in [5, 5.41) is 20.4. The highest BCUT2D eigenvalue weighted by molar-refractivity contribution is 5.90. The van der Waals surface area contributed by atoms with E-state index < -0.39 is 0 Å². The maximum Gasteiger partial charge on any atom is 0.137 e. The van der Waals surface area contributed by atoms with Crippen LogP contribution >= 0.6 is 0 Å². The number of phenolic OH excluding ortho intramolecular Hbond substituents is 2. The number of aromatic hydroxyl groups is 2. The quantitative estimate of drug-likeness (QED) is 0.818. The van der Waals surface area contributed by atoms with Gasteiger partial charge in [0.2, 0.25) is 0 Å². The fourth-order valence-electron chi connectivity index (χ4n) is 3.49. The molecule has 0 radical (unpaired) electrons. The molecule has 0 aliphatic carbocycles. The third kappa shape index (κ3) is 2.62. The van der Waals surface area contributed by atoms with E-state index in [1.54, 1.807) is 12.1 Å². The Balaban J connectivity index is 1.78. The van der Waals surface area contributed by atoms with Crippen molar-refractivity contribution in [2.24, 2.45) is 0 Å². The van der Waals surface area contributed by atoms with E-state index in [4.69, 9.17) is 9.47 Å². The Bertz CT molecular complexity index is 951. The molecule has 0 fully saturated rings. The van der Waals surface area contributed by atoms with E-state index in [1.165, 1.54) is 0 Å². The molecule has 0 saturated heterocycles. The Morgan fingerprint density at radius 3 is 2.69 bits per heavy atom. The molecule has 2 aliphatic heterocycles. The number of phenols is 2. The molecular formula is C22H22O4. The highest BCUT2D eigenvalue weighted by Crippen LogP contribution is 2.44. The van der Waals surface area contributed by atoms with Crippen LogP contribution in [0.1, 0.15) is 43.0 Å². The van der Waals surface area contributed by atoms with Crippen molar-refractivity contribution in [3.63, 3.8) is 0 Å². The molecule has 0 unspecified atom stereocenters. The van der Waals surface area contributed by atoms with Crippen LogP contribution in [0.3, 0.4) is 0 Å². The molecule has 2 N–H and O–H groups in total. The summed E-state index contributed by atoms with van der Waals surface area (Å²) in [5.74, 6) is 1.85. The van der Waals surface area contributed by atoms with Crippen LogP contribution in [0.25, 0.3) is 17.7 Å². The Morgan fingerprint density at radius 2 is 1.92 bits per heavy atom. The van der Waals surface area contributed by atoms with E-state index in [0.29, 0.717) is 24.2 Å². The molecular weight excluding hydrogens is 328 g/mol. The van der Waals surface area contributed by atoms with Crippen molar-refractivity contribution in [1.29, 1.82) is 0 Å². The number of ether oxygens (including phenoxy) is 2. The minimum atomic E-state index is -0.328. The molecule has 2 heterocycles. The van der Waals surface area contributed by atoms with Gasteiger partial charge < -0.3 is 19.7 Å². The predicted molar refractivity (Wildman–Crippen MR) is 103 cm³/mol. The second-order valence-electron chi connectivity index (χ2n) is 7.21. The van der Waals surface area contributed by atoms with Crippen molar-refractivity contribution < 1.29 is 19.7 Å². The summed E-state index contributed by atoms with van der Waals surface area (Å²) in [5.41, 5.74) is 3.69. The molecule has 0 bridgehead atoms. The first kappa shape index (κ1) is 16.6. The van der Waals surface area contributed by atoms with Crippen LogP contribution in [-0.2, 0) is 6.42 Å². The SMILES string of the molecule is CCc1c(O)ccc(C2=Cc3ccc4c(c3OC2)C=CC(C)(C)O4)c1O. The van der Waals surface area contributed by atoms with E-state index in [2.05, 4.69) is 0 Å². The zero-order chi connectivity index (χ0) is 18.5. The van der Waals surface area contributed by atoms with E-state index >= 15 is 0 Å². The van der Waals surface area contributed by atoms with E-state index in [1.807, 2.05) is 51.1 Å².